The average molecular weight is 649 g/mol. The maximum Gasteiger partial charge on any atom is 0.345 e. The normalized spacial score (nSPS) is 15.0. The Labute approximate surface area is 269 Å². The van der Waals surface area contributed by atoms with Gasteiger partial charge < -0.3 is 19.5 Å². The summed E-state index contributed by atoms with van der Waals surface area (Å²) in [5.41, 5.74) is 3.48. The standard InChI is InChI=1S/C33H33ClN4O4S2/c1-21-23(10-11-24(29(21)34)41-17-16-38-14-12-37(2)13-15-38)27-28-31(42-25(33(39)40)19-22-7-4-3-5-8-22)35-20-36-32(28)44-30(27)26-9-6-18-43-26/h3-11,18,20,25H,12-17,19H2,1-2H3,(H,39,40)/t25-/m1/s1. The summed E-state index contributed by atoms with van der Waals surface area (Å²) < 4.78 is 12.4. The maximum absolute atomic E-state index is 12.3. The molecule has 0 spiro atoms. The van der Waals surface area contributed by atoms with E-state index in [-0.39, 0.29) is 12.3 Å². The van der Waals surface area contributed by atoms with Crippen LogP contribution in [-0.4, -0.2) is 83.3 Å². The summed E-state index contributed by atoms with van der Waals surface area (Å²) in [6.07, 6.45) is 0.493. The lowest BCUT2D eigenvalue weighted by Gasteiger charge is -2.32. The van der Waals surface area contributed by atoms with Gasteiger partial charge in [-0.25, -0.2) is 14.8 Å². The first-order valence-electron chi connectivity index (χ1n) is 14.5. The molecule has 2 aromatic carbocycles. The average Bonchev–Trinajstić information content (AvgIpc) is 3.70. The zero-order valence-electron chi connectivity index (χ0n) is 24.5. The van der Waals surface area contributed by atoms with E-state index in [0.29, 0.717) is 27.6 Å². The molecule has 228 valence electrons. The van der Waals surface area contributed by atoms with Crippen LogP contribution in [0, 0.1) is 6.92 Å². The minimum atomic E-state index is -1.13. The number of fused-ring (bicyclic) bond motifs is 1. The Bertz CT molecular complexity index is 1740. The van der Waals surface area contributed by atoms with Crippen molar-refractivity contribution in [1.82, 2.24) is 19.8 Å². The first-order chi connectivity index (χ1) is 21.4. The first kappa shape index (κ1) is 30.5. The number of nitrogens with zero attached hydrogens (tertiary/aromatic N) is 4. The van der Waals surface area contributed by atoms with E-state index in [0.717, 1.165) is 64.7 Å². The molecule has 11 heteroatoms. The Hall–Kier alpha value is -3.54. The molecule has 6 rings (SSSR count). The molecular weight excluding hydrogens is 616 g/mol. The number of thiophene rings is 2. The lowest BCUT2D eigenvalue weighted by atomic mass is 9.97. The van der Waals surface area contributed by atoms with Crippen molar-refractivity contribution in [3.05, 3.63) is 82.5 Å². The van der Waals surface area contributed by atoms with Crippen LogP contribution in [-0.2, 0) is 11.2 Å². The number of carboxylic acid groups (broad SMARTS) is 1. The van der Waals surface area contributed by atoms with Crippen LogP contribution >= 0.6 is 34.3 Å². The lowest BCUT2D eigenvalue weighted by Crippen LogP contribution is -2.45. The number of aliphatic carboxylic acids is 1. The number of likely N-dealkylation sites (N-methyl/N-ethyl adjacent to an activating group) is 1. The Morgan fingerprint density at radius 1 is 1.07 bits per heavy atom. The molecule has 1 atom stereocenters. The Kier molecular flexibility index (Phi) is 9.44. The van der Waals surface area contributed by atoms with E-state index in [1.54, 1.807) is 11.3 Å². The molecule has 1 N–H and O–H groups in total. The summed E-state index contributed by atoms with van der Waals surface area (Å²) in [5.74, 6) is -0.190. The molecule has 5 aromatic rings. The molecule has 1 aliphatic heterocycles. The fourth-order valence-electron chi connectivity index (χ4n) is 5.38. The second-order valence-corrected chi connectivity index (χ2v) is 13.1. The number of hydrogen-bond acceptors (Lipinski definition) is 9. The van der Waals surface area contributed by atoms with Crippen LogP contribution in [0.4, 0.5) is 0 Å². The molecule has 0 bridgehead atoms. The lowest BCUT2D eigenvalue weighted by molar-refractivity contribution is -0.145. The van der Waals surface area contributed by atoms with Crippen molar-refractivity contribution in [3.63, 3.8) is 0 Å². The van der Waals surface area contributed by atoms with Crippen molar-refractivity contribution in [2.75, 3.05) is 46.4 Å². The number of carbonyl (C=O) groups is 1. The fourth-order valence-corrected chi connectivity index (χ4v) is 7.60. The Morgan fingerprint density at radius 3 is 2.59 bits per heavy atom. The highest BCUT2D eigenvalue weighted by atomic mass is 35.5. The second-order valence-electron chi connectivity index (χ2n) is 10.8. The highest BCUT2D eigenvalue weighted by Gasteiger charge is 2.27. The molecule has 44 heavy (non-hydrogen) atoms. The number of benzene rings is 2. The maximum atomic E-state index is 12.3. The molecule has 0 unspecified atom stereocenters. The monoisotopic (exact) mass is 648 g/mol. The molecule has 1 fully saturated rings. The van der Waals surface area contributed by atoms with Crippen molar-refractivity contribution in [2.45, 2.75) is 19.4 Å². The van der Waals surface area contributed by atoms with Crippen molar-refractivity contribution in [3.8, 4) is 32.5 Å². The minimum absolute atomic E-state index is 0.198. The number of aromatic nitrogens is 2. The van der Waals surface area contributed by atoms with Crippen LogP contribution in [0.5, 0.6) is 11.6 Å². The van der Waals surface area contributed by atoms with Gasteiger partial charge in [0.2, 0.25) is 12.0 Å². The predicted molar refractivity (Wildman–Crippen MR) is 178 cm³/mol. The van der Waals surface area contributed by atoms with Gasteiger partial charge in [-0.2, -0.15) is 0 Å². The van der Waals surface area contributed by atoms with Gasteiger partial charge >= 0.3 is 5.97 Å². The van der Waals surface area contributed by atoms with E-state index in [1.165, 1.54) is 17.7 Å². The molecule has 1 aliphatic rings. The molecule has 0 radical (unpaired) electrons. The minimum Gasteiger partial charge on any atom is -0.491 e. The third-order valence-corrected chi connectivity index (χ3v) is 10.5. The predicted octanol–water partition coefficient (Wildman–Crippen LogP) is 6.75. The van der Waals surface area contributed by atoms with E-state index in [9.17, 15) is 9.90 Å². The first-order valence-corrected chi connectivity index (χ1v) is 16.5. The third-order valence-electron chi connectivity index (χ3n) is 7.87. The highest BCUT2D eigenvalue weighted by Crippen LogP contribution is 2.50. The van der Waals surface area contributed by atoms with Crippen molar-refractivity contribution in [2.24, 2.45) is 0 Å². The molecule has 0 aliphatic carbocycles. The number of ether oxygens (including phenoxy) is 2. The molecule has 1 saturated heterocycles. The van der Waals surface area contributed by atoms with Gasteiger partial charge in [-0.1, -0.05) is 54.1 Å². The number of piperazine rings is 1. The summed E-state index contributed by atoms with van der Waals surface area (Å²) in [4.78, 5) is 28.9. The van der Waals surface area contributed by atoms with Crippen molar-refractivity contribution in [1.29, 1.82) is 0 Å². The molecular formula is C33H33ClN4O4S2. The van der Waals surface area contributed by atoms with Gasteiger partial charge in [0.1, 0.15) is 23.5 Å². The SMILES string of the molecule is Cc1c(-c2c(-c3cccs3)sc3ncnc(O[C@H](Cc4ccccc4)C(=O)O)c23)ccc(OCCN2CCN(C)CC2)c1Cl. The summed E-state index contributed by atoms with van der Waals surface area (Å²) >= 11 is 10.1. The van der Waals surface area contributed by atoms with Crippen molar-refractivity contribution < 1.29 is 19.4 Å². The summed E-state index contributed by atoms with van der Waals surface area (Å²) in [5, 5.41) is 13.3. The summed E-state index contributed by atoms with van der Waals surface area (Å²) in [7, 11) is 2.15. The highest BCUT2D eigenvalue weighted by molar-refractivity contribution is 7.26. The van der Waals surface area contributed by atoms with Gasteiger partial charge in [0, 0.05) is 49.6 Å². The Balaban J connectivity index is 1.36. The quantitative estimate of drug-likeness (QED) is 0.168. The van der Waals surface area contributed by atoms with Gasteiger partial charge in [0.25, 0.3) is 0 Å². The van der Waals surface area contributed by atoms with Gasteiger partial charge in [-0.05, 0) is 48.2 Å². The third kappa shape index (κ3) is 6.60. The zero-order chi connectivity index (χ0) is 30.6. The molecule has 8 nitrogen and oxygen atoms in total. The van der Waals surface area contributed by atoms with Crippen LogP contribution in [0.1, 0.15) is 11.1 Å². The van der Waals surface area contributed by atoms with Gasteiger partial charge in [0.15, 0.2) is 0 Å². The number of carboxylic acids is 1. The van der Waals surface area contributed by atoms with Crippen LogP contribution < -0.4 is 9.47 Å². The molecule has 4 heterocycles. The fraction of sp³-hybridized carbons (Fsp3) is 0.303. The molecule has 0 saturated carbocycles. The largest absolute Gasteiger partial charge is 0.491 e. The van der Waals surface area contributed by atoms with Gasteiger partial charge in [-0.3, -0.25) is 4.90 Å². The van der Waals surface area contributed by atoms with Crippen LogP contribution in [0.25, 0.3) is 31.1 Å². The summed E-state index contributed by atoms with van der Waals surface area (Å²) in [6.45, 7) is 7.55. The number of halogens is 1. The van der Waals surface area contributed by atoms with Crippen LogP contribution in [0.15, 0.2) is 66.3 Å². The van der Waals surface area contributed by atoms with E-state index in [4.69, 9.17) is 21.1 Å². The summed E-state index contributed by atoms with van der Waals surface area (Å²) in [6, 6.07) is 17.4. The molecule has 3 aromatic heterocycles. The van der Waals surface area contributed by atoms with Crippen LogP contribution in [0.3, 0.4) is 0 Å². The topological polar surface area (TPSA) is 88.0 Å². The van der Waals surface area contributed by atoms with Crippen molar-refractivity contribution >= 4 is 50.5 Å². The van der Waals surface area contributed by atoms with E-state index < -0.39 is 12.1 Å². The van der Waals surface area contributed by atoms with E-state index >= 15 is 0 Å². The van der Waals surface area contributed by atoms with Crippen LogP contribution in [0.2, 0.25) is 5.02 Å². The number of hydrogen-bond donors (Lipinski definition) is 1. The zero-order valence-corrected chi connectivity index (χ0v) is 26.9. The Morgan fingerprint density at radius 2 is 1.86 bits per heavy atom. The smallest absolute Gasteiger partial charge is 0.345 e. The van der Waals surface area contributed by atoms with E-state index in [2.05, 4.69) is 32.9 Å². The van der Waals surface area contributed by atoms with Gasteiger partial charge in [0.05, 0.1) is 15.3 Å². The second kappa shape index (κ2) is 13.6. The number of rotatable bonds is 11. The van der Waals surface area contributed by atoms with E-state index in [1.807, 2.05) is 60.8 Å². The van der Waals surface area contributed by atoms with Gasteiger partial charge in [-0.15, -0.1) is 22.7 Å². The molecule has 0 amide bonds.